The summed E-state index contributed by atoms with van der Waals surface area (Å²) in [6.45, 7) is 7.03. The topological polar surface area (TPSA) is 49.8 Å². The Kier molecular flexibility index (Phi) is 7.09. The van der Waals surface area contributed by atoms with Crippen molar-refractivity contribution < 1.29 is 14.6 Å². The second-order valence-corrected chi connectivity index (χ2v) is 5.28. The highest BCUT2D eigenvalue weighted by Crippen LogP contribution is 2.17. The molecule has 1 rings (SSSR count). The predicted molar refractivity (Wildman–Crippen MR) is 80.5 cm³/mol. The van der Waals surface area contributed by atoms with Crippen molar-refractivity contribution in [1.29, 1.82) is 0 Å². The number of carboxylic acids is 1. The van der Waals surface area contributed by atoms with Crippen molar-refractivity contribution >= 4 is 5.97 Å². The van der Waals surface area contributed by atoms with Gasteiger partial charge in [-0.05, 0) is 31.5 Å². The van der Waals surface area contributed by atoms with Crippen LogP contribution in [0, 0.1) is 5.92 Å². The fraction of sp³-hybridized carbons (Fsp3) is 0.562. The fourth-order valence-corrected chi connectivity index (χ4v) is 2.04. The van der Waals surface area contributed by atoms with Crippen molar-refractivity contribution in [2.75, 3.05) is 26.7 Å². The van der Waals surface area contributed by atoms with Crippen LogP contribution in [-0.4, -0.2) is 42.7 Å². The van der Waals surface area contributed by atoms with Gasteiger partial charge >= 0.3 is 5.97 Å². The third kappa shape index (κ3) is 5.61. The summed E-state index contributed by atoms with van der Waals surface area (Å²) in [5, 5.41) is 9.05. The number of aromatic carboxylic acids is 1. The van der Waals surface area contributed by atoms with Gasteiger partial charge in [0.05, 0.1) is 6.61 Å². The van der Waals surface area contributed by atoms with Crippen molar-refractivity contribution in [3.8, 4) is 5.75 Å². The number of hydrogen-bond donors (Lipinski definition) is 1. The van der Waals surface area contributed by atoms with Gasteiger partial charge in [0.25, 0.3) is 0 Å². The van der Waals surface area contributed by atoms with Crippen LogP contribution in [0.1, 0.15) is 37.0 Å². The Bertz CT molecular complexity index is 420. The second kappa shape index (κ2) is 8.59. The first-order valence-electron chi connectivity index (χ1n) is 7.18. The van der Waals surface area contributed by atoms with Crippen LogP contribution >= 0.6 is 0 Å². The number of rotatable bonds is 9. The van der Waals surface area contributed by atoms with E-state index < -0.39 is 5.97 Å². The molecule has 20 heavy (non-hydrogen) atoms. The molecule has 0 fully saturated rings. The fourth-order valence-electron chi connectivity index (χ4n) is 2.04. The van der Waals surface area contributed by atoms with E-state index in [1.165, 1.54) is 6.42 Å². The Balaban J connectivity index is 2.33. The molecule has 0 heterocycles. The van der Waals surface area contributed by atoms with E-state index in [-0.39, 0.29) is 5.56 Å². The van der Waals surface area contributed by atoms with Crippen LogP contribution in [0.5, 0.6) is 5.75 Å². The molecule has 0 saturated carbocycles. The lowest BCUT2D eigenvalue weighted by molar-refractivity contribution is 0.0692. The third-order valence-corrected chi connectivity index (χ3v) is 3.38. The summed E-state index contributed by atoms with van der Waals surface area (Å²) in [5.74, 6) is 0.202. The van der Waals surface area contributed by atoms with E-state index >= 15 is 0 Å². The van der Waals surface area contributed by atoms with Crippen molar-refractivity contribution in [2.24, 2.45) is 5.92 Å². The van der Waals surface area contributed by atoms with Crippen LogP contribution in [0.3, 0.4) is 0 Å². The van der Waals surface area contributed by atoms with Crippen LogP contribution in [0.4, 0.5) is 0 Å². The molecule has 112 valence electrons. The molecule has 0 bridgehead atoms. The van der Waals surface area contributed by atoms with E-state index in [2.05, 4.69) is 25.8 Å². The molecule has 1 atom stereocenters. The van der Waals surface area contributed by atoms with E-state index in [0.29, 0.717) is 18.3 Å². The van der Waals surface area contributed by atoms with Crippen LogP contribution in [0.2, 0.25) is 0 Å². The molecular weight excluding hydrogens is 254 g/mol. The van der Waals surface area contributed by atoms with Gasteiger partial charge in [-0.2, -0.15) is 0 Å². The molecule has 0 spiro atoms. The molecule has 4 heteroatoms. The molecular formula is C16H25NO3. The van der Waals surface area contributed by atoms with E-state index in [1.54, 1.807) is 24.3 Å². The summed E-state index contributed by atoms with van der Waals surface area (Å²) in [7, 11) is 2.11. The van der Waals surface area contributed by atoms with Crippen molar-refractivity contribution in [1.82, 2.24) is 4.90 Å². The molecule has 0 aliphatic heterocycles. The number of para-hydroxylation sites is 1. The summed E-state index contributed by atoms with van der Waals surface area (Å²) < 4.78 is 5.57. The quantitative estimate of drug-likeness (QED) is 0.706. The molecule has 0 aliphatic rings. The van der Waals surface area contributed by atoms with Crippen LogP contribution in [0.15, 0.2) is 24.3 Å². The SMILES string of the molecule is CCC(C)CN(C)CCCOc1ccccc1C(=O)O. The molecule has 0 radical (unpaired) electrons. The van der Waals surface area contributed by atoms with Gasteiger partial charge in [-0.1, -0.05) is 32.4 Å². The maximum atomic E-state index is 11.0. The molecule has 4 nitrogen and oxygen atoms in total. The molecule has 0 saturated heterocycles. The Hall–Kier alpha value is -1.55. The highest BCUT2D eigenvalue weighted by atomic mass is 16.5. The predicted octanol–water partition coefficient (Wildman–Crippen LogP) is 3.13. The highest BCUT2D eigenvalue weighted by Gasteiger charge is 2.10. The zero-order chi connectivity index (χ0) is 15.0. The standard InChI is InChI=1S/C16H25NO3/c1-4-13(2)12-17(3)10-7-11-20-15-9-6-5-8-14(15)16(18)19/h5-6,8-9,13H,4,7,10-12H2,1-3H3,(H,18,19). The molecule has 1 aromatic rings. The van der Waals surface area contributed by atoms with Crippen molar-refractivity contribution in [2.45, 2.75) is 26.7 Å². The largest absolute Gasteiger partial charge is 0.493 e. The first-order valence-corrected chi connectivity index (χ1v) is 7.18. The Labute approximate surface area is 121 Å². The van der Waals surface area contributed by atoms with Gasteiger partial charge in [0, 0.05) is 13.1 Å². The summed E-state index contributed by atoms with van der Waals surface area (Å²) in [6.07, 6.45) is 2.08. The van der Waals surface area contributed by atoms with E-state index in [4.69, 9.17) is 9.84 Å². The molecule has 1 N–H and O–H groups in total. The summed E-state index contributed by atoms with van der Waals surface area (Å²) in [4.78, 5) is 13.3. The minimum Gasteiger partial charge on any atom is -0.493 e. The summed E-state index contributed by atoms with van der Waals surface area (Å²) in [6, 6.07) is 6.76. The number of carbonyl (C=O) groups is 1. The van der Waals surface area contributed by atoms with E-state index in [1.807, 2.05) is 0 Å². The number of ether oxygens (including phenoxy) is 1. The van der Waals surface area contributed by atoms with Gasteiger partial charge in [0.1, 0.15) is 11.3 Å². The minimum absolute atomic E-state index is 0.223. The zero-order valence-corrected chi connectivity index (χ0v) is 12.6. The lowest BCUT2D eigenvalue weighted by atomic mass is 10.1. The lowest BCUT2D eigenvalue weighted by Crippen LogP contribution is -2.26. The minimum atomic E-state index is -0.950. The lowest BCUT2D eigenvalue weighted by Gasteiger charge is -2.20. The van der Waals surface area contributed by atoms with Crippen LogP contribution in [-0.2, 0) is 0 Å². The van der Waals surface area contributed by atoms with E-state index in [9.17, 15) is 4.79 Å². The van der Waals surface area contributed by atoms with Crippen molar-refractivity contribution in [3.63, 3.8) is 0 Å². The smallest absolute Gasteiger partial charge is 0.339 e. The van der Waals surface area contributed by atoms with Gasteiger partial charge in [0.15, 0.2) is 0 Å². The number of benzene rings is 1. The summed E-state index contributed by atoms with van der Waals surface area (Å²) in [5.41, 5.74) is 0.223. The Morgan fingerprint density at radius 2 is 2.10 bits per heavy atom. The van der Waals surface area contributed by atoms with Gasteiger partial charge < -0.3 is 14.7 Å². The third-order valence-electron chi connectivity index (χ3n) is 3.38. The number of nitrogens with zero attached hydrogens (tertiary/aromatic N) is 1. The average molecular weight is 279 g/mol. The summed E-state index contributed by atoms with van der Waals surface area (Å²) >= 11 is 0. The first kappa shape index (κ1) is 16.5. The molecule has 0 amide bonds. The number of hydrogen-bond acceptors (Lipinski definition) is 3. The normalized spacial score (nSPS) is 12.4. The maximum Gasteiger partial charge on any atom is 0.339 e. The van der Waals surface area contributed by atoms with Gasteiger partial charge in [-0.15, -0.1) is 0 Å². The van der Waals surface area contributed by atoms with Crippen LogP contribution < -0.4 is 4.74 Å². The monoisotopic (exact) mass is 279 g/mol. The first-order chi connectivity index (χ1) is 9.54. The van der Waals surface area contributed by atoms with Crippen molar-refractivity contribution in [3.05, 3.63) is 29.8 Å². The zero-order valence-electron chi connectivity index (χ0n) is 12.6. The molecule has 0 aliphatic carbocycles. The van der Waals surface area contributed by atoms with Gasteiger partial charge in [-0.25, -0.2) is 4.79 Å². The molecule has 0 aromatic heterocycles. The molecule has 1 unspecified atom stereocenters. The van der Waals surface area contributed by atoms with Crippen LogP contribution in [0.25, 0.3) is 0 Å². The van der Waals surface area contributed by atoms with E-state index in [0.717, 1.165) is 19.5 Å². The Morgan fingerprint density at radius 3 is 2.75 bits per heavy atom. The second-order valence-electron chi connectivity index (χ2n) is 5.28. The highest BCUT2D eigenvalue weighted by molar-refractivity contribution is 5.90. The maximum absolute atomic E-state index is 11.0. The van der Waals surface area contributed by atoms with Gasteiger partial charge in [-0.3, -0.25) is 0 Å². The van der Waals surface area contributed by atoms with Gasteiger partial charge in [0.2, 0.25) is 0 Å². The Morgan fingerprint density at radius 1 is 1.40 bits per heavy atom. The number of carboxylic acid groups (broad SMARTS) is 1. The molecule has 1 aromatic carbocycles. The average Bonchev–Trinajstić information content (AvgIpc) is 2.43.